The predicted molar refractivity (Wildman–Crippen MR) is 41.8 cm³/mol. The standard InChI is InChI=1S/C8H14O2/c1-7(9)5-3-4-6-8(2)10/h4,6,8-10H,1,3,5H2,2H3. The summed E-state index contributed by atoms with van der Waals surface area (Å²) in [4.78, 5) is 0. The average molecular weight is 142 g/mol. The summed E-state index contributed by atoms with van der Waals surface area (Å²) in [5.41, 5.74) is 0. The molecular formula is C8H14O2. The van der Waals surface area contributed by atoms with Crippen LogP contribution in [0.3, 0.4) is 0 Å². The molecule has 2 nitrogen and oxygen atoms in total. The topological polar surface area (TPSA) is 40.5 Å². The van der Waals surface area contributed by atoms with Gasteiger partial charge >= 0.3 is 0 Å². The molecule has 2 heteroatoms. The first-order valence-electron chi connectivity index (χ1n) is 3.34. The highest BCUT2D eigenvalue weighted by atomic mass is 16.3. The van der Waals surface area contributed by atoms with E-state index in [1.807, 2.05) is 6.08 Å². The molecule has 0 saturated carbocycles. The second-order valence-electron chi connectivity index (χ2n) is 2.27. The molecular weight excluding hydrogens is 128 g/mol. The van der Waals surface area contributed by atoms with E-state index in [0.717, 1.165) is 6.42 Å². The van der Waals surface area contributed by atoms with Crippen LogP contribution in [0.1, 0.15) is 19.8 Å². The summed E-state index contributed by atoms with van der Waals surface area (Å²) >= 11 is 0. The van der Waals surface area contributed by atoms with Crippen molar-refractivity contribution in [2.24, 2.45) is 0 Å². The van der Waals surface area contributed by atoms with Crippen molar-refractivity contribution in [2.45, 2.75) is 25.9 Å². The van der Waals surface area contributed by atoms with Crippen molar-refractivity contribution in [3.63, 3.8) is 0 Å². The number of hydrogen-bond donors (Lipinski definition) is 2. The zero-order valence-corrected chi connectivity index (χ0v) is 6.25. The summed E-state index contributed by atoms with van der Waals surface area (Å²) in [5, 5.41) is 17.4. The Balaban J connectivity index is 3.27. The first-order valence-corrected chi connectivity index (χ1v) is 3.34. The van der Waals surface area contributed by atoms with E-state index >= 15 is 0 Å². The highest BCUT2D eigenvalue weighted by Crippen LogP contribution is 1.98. The van der Waals surface area contributed by atoms with E-state index in [1.165, 1.54) is 0 Å². The van der Waals surface area contributed by atoms with Gasteiger partial charge in [0.1, 0.15) is 0 Å². The predicted octanol–water partition coefficient (Wildman–Crippen LogP) is 1.78. The summed E-state index contributed by atoms with van der Waals surface area (Å²) in [6, 6.07) is 0. The summed E-state index contributed by atoms with van der Waals surface area (Å²) < 4.78 is 0. The Morgan fingerprint density at radius 1 is 1.70 bits per heavy atom. The van der Waals surface area contributed by atoms with E-state index in [-0.39, 0.29) is 5.76 Å². The molecule has 0 bridgehead atoms. The lowest BCUT2D eigenvalue weighted by atomic mass is 10.2. The third kappa shape index (κ3) is 7.24. The minimum absolute atomic E-state index is 0.190. The molecule has 0 saturated heterocycles. The summed E-state index contributed by atoms with van der Waals surface area (Å²) in [6.07, 6.45) is 4.42. The lowest BCUT2D eigenvalue weighted by Gasteiger charge is -1.94. The highest BCUT2D eigenvalue weighted by molar-refractivity contribution is 4.90. The minimum atomic E-state index is -0.396. The smallest absolute Gasteiger partial charge is 0.0854 e. The van der Waals surface area contributed by atoms with Crippen molar-refractivity contribution in [3.05, 3.63) is 24.5 Å². The highest BCUT2D eigenvalue weighted by Gasteiger charge is 1.86. The lowest BCUT2D eigenvalue weighted by Crippen LogP contribution is -1.91. The van der Waals surface area contributed by atoms with Gasteiger partial charge in [0.15, 0.2) is 0 Å². The lowest BCUT2D eigenvalue weighted by molar-refractivity contribution is 0.243. The van der Waals surface area contributed by atoms with Crippen molar-refractivity contribution >= 4 is 0 Å². The number of rotatable bonds is 4. The van der Waals surface area contributed by atoms with Gasteiger partial charge in [-0.05, 0) is 13.3 Å². The third-order valence-electron chi connectivity index (χ3n) is 1.01. The van der Waals surface area contributed by atoms with E-state index in [1.54, 1.807) is 13.0 Å². The van der Waals surface area contributed by atoms with Gasteiger partial charge in [0.25, 0.3) is 0 Å². The molecule has 0 aliphatic heterocycles. The molecule has 0 aliphatic rings. The molecule has 0 amide bonds. The van der Waals surface area contributed by atoms with Gasteiger partial charge < -0.3 is 10.2 Å². The number of allylic oxidation sites excluding steroid dienone is 2. The zero-order valence-electron chi connectivity index (χ0n) is 6.25. The van der Waals surface area contributed by atoms with Crippen LogP contribution >= 0.6 is 0 Å². The molecule has 0 aromatic rings. The Labute approximate surface area is 61.5 Å². The van der Waals surface area contributed by atoms with Crippen LogP contribution in [0.5, 0.6) is 0 Å². The molecule has 2 N–H and O–H groups in total. The van der Waals surface area contributed by atoms with E-state index in [9.17, 15) is 0 Å². The Morgan fingerprint density at radius 2 is 2.30 bits per heavy atom. The molecule has 1 unspecified atom stereocenters. The van der Waals surface area contributed by atoms with Gasteiger partial charge in [0, 0.05) is 6.42 Å². The average Bonchev–Trinajstić information content (AvgIpc) is 1.79. The van der Waals surface area contributed by atoms with Crippen molar-refractivity contribution in [2.75, 3.05) is 0 Å². The summed E-state index contributed by atoms with van der Waals surface area (Å²) in [7, 11) is 0. The molecule has 0 radical (unpaired) electrons. The van der Waals surface area contributed by atoms with Crippen LogP contribution in [0.2, 0.25) is 0 Å². The Hall–Kier alpha value is -0.760. The van der Waals surface area contributed by atoms with E-state index < -0.39 is 6.10 Å². The van der Waals surface area contributed by atoms with Crippen LogP contribution in [-0.4, -0.2) is 16.3 Å². The molecule has 0 aromatic carbocycles. The summed E-state index contributed by atoms with van der Waals surface area (Å²) in [6.45, 7) is 5.02. The Morgan fingerprint density at radius 3 is 2.70 bits per heavy atom. The molecule has 0 heterocycles. The summed E-state index contributed by atoms with van der Waals surface area (Å²) in [5.74, 6) is 0.190. The second-order valence-corrected chi connectivity index (χ2v) is 2.27. The fourth-order valence-electron chi connectivity index (χ4n) is 0.543. The van der Waals surface area contributed by atoms with Crippen molar-refractivity contribution < 1.29 is 10.2 Å². The van der Waals surface area contributed by atoms with Gasteiger partial charge in [-0.1, -0.05) is 18.7 Å². The van der Waals surface area contributed by atoms with Crippen molar-refractivity contribution in [1.29, 1.82) is 0 Å². The van der Waals surface area contributed by atoms with E-state index in [2.05, 4.69) is 6.58 Å². The molecule has 0 aromatic heterocycles. The SMILES string of the molecule is C=C(O)CCC=CC(C)O. The molecule has 0 spiro atoms. The van der Waals surface area contributed by atoms with Crippen LogP contribution < -0.4 is 0 Å². The second kappa shape index (κ2) is 5.06. The number of hydrogen-bond acceptors (Lipinski definition) is 2. The van der Waals surface area contributed by atoms with Crippen LogP contribution in [0.4, 0.5) is 0 Å². The minimum Gasteiger partial charge on any atom is -0.513 e. The van der Waals surface area contributed by atoms with Crippen molar-refractivity contribution in [1.82, 2.24) is 0 Å². The number of aliphatic hydroxyl groups is 2. The van der Waals surface area contributed by atoms with Gasteiger partial charge in [-0.25, -0.2) is 0 Å². The number of aliphatic hydroxyl groups excluding tert-OH is 2. The first kappa shape index (κ1) is 9.24. The van der Waals surface area contributed by atoms with Gasteiger partial charge in [-0.2, -0.15) is 0 Å². The maximum atomic E-state index is 8.75. The zero-order chi connectivity index (χ0) is 7.98. The Bertz CT molecular complexity index is 125. The normalized spacial score (nSPS) is 13.8. The quantitative estimate of drug-likeness (QED) is 0.464. The molecule has 1 atom stereocenters. The molecule has 0 aliphatic carbocycles. The van der Waals surface area contributed by atoms with Gasteiger partial charge in [-0.15, -0.1) is 0 Å². The largest absolute Gasteiger partial charge is 0.513 e. The fourth-order valence-corrected chi connectivity index (χ4v) is 0.543. The third-order valence-corrected chi connectivity index (χ3v) is 1.01. The van der Waals surface area contributed by atoms with Crippen molar-refractivity contribution in [3.8, 4) is 0 Å². The molecule has 0 fully saturated rings. The van der Waals surface area contributed by atoms with E-state index in [0.29, 0.717) is 6.42 Å². The van der Waals surface area contributed by atoms with Crippen LogP contribution in [0.15, 0.2) is 24.5 Å². The molecule has 58 valence electrons. The van der Waals surface area contributed by atoms with Crippen LogP contribution in [0.25, 0.3) is 0 Å². The first-order chi connectivity index (χ1) is 4.63. The Kier molecular flexibility index (Phi) is 4.67. The van der Waals surface area contributed by atoms with Gasteiger partial charge in [0.05, 0.1) is 11.9 Å². The maximum Gasteiger partial charge on any atom is 0.0854 e. The molecule has 0 rings (SSSR count). The monoisotopic (exact) mass is 142 g/mol. The fraction of sp³-hybridized carbons (Fsp3) is 0.500. The van der Waals surface area contributed by atoms with E-state index in [4.69, 9.17) is 10.2 Å². The van der Waals surface area contributed by atoms with Crippen LogP contribution in [-0.2, 0) is 0 Å². The molecule has 10 heavy (non-hydrogen) atoms. The van der Waals surface area contributed by atoms with Gasteiger partial charge in [0.2, 0.25) is 0 Å². The van der Waals surface area contributed by atoms with Gasteiger partial charge in [-0.3, -0.25) is 0 Å². The maximum absolute atomic E-state index is 8.75. The van der Waals surface area contributed by atoms with Crippen LogP contribution in [0, 0.1) is 0 Å².